The zero-order chi connectivity index (χ0) is 18.8. The van der Waals surface area contributed by atoms with Crippen molar-refractivity contribution in [1.29, 1.82) is 0 Å². The van der Waals surface area contributed by atoms with E-state index >= 15 is 0 Å². The Morgan fingerprint density at radius 2 is 1.56 bits per heavy atom. The molecule has 0 saturated heterocycles. The number of hydrogen-bond donors (Lipinski definition) is 1. The second-order valence-electron chi connectivity index (χ2n) is 6.02. The molecular weight excluding hydrogens is 381 g/mol. The van der Waals surface area contributed by atoms with Gasteiger partial charge in [0.1, 0.15) is 12.4 Å². The van der Waals surface area contributed by atoms with Gasteiger partial charge in [0.25, 0.3) is 0 Å². The van der Waals surface area contributed by atoms with Crippen LogP contribution in [0.1, 0.15) is 0 Å². The van der Waals surface area contributed by atoms with Gasteiger partial charge in [0, 0.05) is 5.56 Å². The van der Waals surface area contributed by atoms with Crippen LogP contribution in [0.15, 0.2) is 72.8 Å². The van der Waals surface area contributed by atoms with Gasteiger partial charge in [0.15, 0.2) is 0 Å². The predicted molar refractivity (Wildman–Crippen MR) is 110 cm³/mol. The van der Waals surface area contributed by atoms with E-state index in [4.69, 9.17) is 28.2 Å². The Morgan fingerprint density at radius 1 is 0.889 bits per heavy atom. The first-order valence-corrected chi connectivity index (χ1v) is 9.13. The van der Waals surface area contributed by atoms with Crippen LogP contribution in [-0.2, 0) is 11.3 Å². The van der Waals surface area contributed by atoms with Crippen LogP contribution in [0, 0.1) is 0 Å². The molecule has 0 saturated carbocycles. The summed E-state index contributed by atoms with van der Waals surface area (Å²) in [4.78, 5) is 17.4. The summed E-state index contributed by atoms with van der Waals surface area (Å²) in [5, 5.41) is 3.93. The molecule has 0 spiro atoms. The molecule has 0 bridgehead atoms. The summed E-state index contributed by atoms with van der Waals surface area (Å²) in [5.74, 6) is 0.454. The van der Waals surface area contributed by atoms with E-state index in [1.165, 1.54) is 0 Å². The summed E-state index contributed by atoms with van der Waals surface area (Å²) < 4.78 is 1.86. The van der Waals surface area contributed by atoms with Crippen LogP contribution >= 0.6 is 23.2 Å². The van der Waals surface area contributed by atoms with E-state index in [9.17, 15) is 4.79 Å². The van der Waals surface area contributed by atoms with E-state index in [-0.39, 0.29) is 12.5 Å². The topological polar surface area (TPSA) is 46.9 Å². The molecule has 4 nitrogen and oxygen atoms in total. The number of halogens is 2. The molecule has 1 N–H and O–H groups in total. The second kappa shape index (κ2) is 7.43. The van der Waals surface area contributed by atoms with Gasteiger partial charge in [-0.05, 0) is 36.4 Å². The van der Waals surface area contributed by atoms with E-state index in [1.807, 2.05) is 65.2 Å². The molecule has 0 radical (unpaired) electrons. The molecule has 0 aliphatic rings. The van der Waals surface area contributed by atoms with E-state index in [0.29, 0.717) is 21.6 Å². The first-order chi connectivity index (χ1) is 13.1. The fourth-order valence-electron chi connectivity index (χ4n) is 2.98. The van der Waals surface area contributed by atoms with E-state index < -0.39 is 0 Å². The molecule has 1 heterocycles. The molecular formula is C21H15Cl2N3O. The highest BCUT2D eigenvalue weighted by molar-refractivity contribution is 6.34. The van der Waals surface area contributed by atoms with E-state index in [0.717, 1.165) is 16.6 Å². The van der Waals surface area contributed by atoms with Crippen molar-refractivity contribution in [3.8, 4) is 11.4 Å². The number of rotatable bonds is 4. The van der Waals surface area contributed by atoms with Crippen molar-refractivity contribution >= 4 is 45.8 Å². The third-order valence-corrected chi connectivity index (χ3v) is 4.88. The summed E-state index contributed by atoms with van der Waals surface area (Å²) in [7, 11) is 0. The summed E-state index contributed by atoms with van der Waals surface area (Å²) in [6.07, 6.45) is 0. The highest BCUT2D eigenvalue weighted by Crippen LogP contribution is 2.30. The molecule has 1 amide bonds. The van der Waals surface area contributed by atoms with Gasteiger partial charge in [-0.3, -0.25) is 4.79 Å². The molecule has 4 aromatic rings. The highest BCUT2D eigenvalue weighted by Gasteiger charge is 2.17. The number of nitrogens with one attached hydrogen (secondary N) is 1. The van der Waals surface area contributed by atoms with Gasteiger partial charge in [-0.25, -0.2) is 4.98 Å². The molecule has 0 unspecified atom stereocenters. The van der Waals surface area contributed by atoms with Crippen molar-refractivity contribution in [3.63, 3.8) is 0 Å². The van der Waals surface area contributed by atoms with Crippen LogP contribution in [0.2, 0.25) is 10.0 Å². The number of fused-ring (bicyclic) bond motifs is 1. The maximum atomic E-state index is 12.7. The lowest BCUT2D eigenvalue weighted by molar-refractivity contribution is -0.116. The molecule has 0 fully saturated rings. The van der Waals surface area contributed by atoms with Crippen molar-refractivity contribution in [2.75, 3.05) is 5.32 Å². The minimum atomic E-state index is -0.195. The maximum absolute atomic E-state index is 12.7. The lowest BCUT2D eigenvalue weighted by atomic mass is 10.2. The number of carbonyl (C=O) groups is 1. The fourth-order valence-corrected chi connectivity index (χ4v) is 3.38. The number of nitrogens with zero attached hydrogens (tertiary/aromatic N) is 2. The van der Waals surface area contributed by atoms with Crippen molar-refractivity contribution in [1.82, 2.24) is 9.55 Å². The molecule has 1 aromatic heterocycles. The van der Waals surface area contributed by atoms with Gasteiger partial charge in [-0.15, -0.1) is 0 Å². The lowest BCUT2D eigenvalue weighted by Crippen LogP contribution is -2.19. The Hall–Kier alpha value is -2.82. The predicted octanol–water partition coefficient (Wildman–Crippen LogP) is 5.65. The number of aromatic nitrogens is 2. The Kier molecular flexibility index (Phi) is 4.84. The number of imidazole rings is 1. The summed E-state index contributed by atoms with van der Waals surface area (Å²) in [6.45, 7) is 0.0896. The first kappa shape index (κ1) is 17.6. The quantitative estimate of drug-likeness (QED) is 0.485. The third kappa shape index (κ3) is 3.54. The number of benzene rings is 3. The molecule has 0 aliphatic carbocycles. The van der Waals surface area contributed by atoms with Crippen LogP contribution in [0.3, 0.4) is 0 Å². The van der Waals surface area contributed by atoms with Crippen molar-refractivity contribution in [3.05, 3.63) is 82.8 Å². The Bertz CT molecular complexity index is 1140. The van der Waals surface area contributed by atoms with Crippen LogP contribution < -0.4 is 5.32 Å². The second-order valence-corrected chi connectivity index (χ2v) is 6.83. The van der Waals surface area contributed by atoms with Gasteiger partial charge in [-0.1, -0.05) is 59.6 Å². The fraction of sp³-hybridized carbons (Fsp3) is 0.0476. The van der Waals surface area contributed by atoms with Crippen LogP contribution in [-0.4, -0.2) is 15.5 Å². The summed E-state index contributed by atoms with van der Waals surface area (Å²) in [6, 6.07) is 22.3. The zero-order valence-corrected chi connectivity index (χ0v) is 15.7. The minimum Gasteiger partial charge on any atom is -0.323 e. The Morgan fingerprint density at radius 3 is 2.33 bits per heavy atom. The Labute approximate surface area is 166 Å². The average Bonchev–Trinajstić information content (AvgIpc) is 3.02. The molecule has 3 aromatic carbocycles. The van der Waals surface area contributed by atoms with Crippen molar-refractivity contribution in [2.45, 2.75) is 6.54 Å². The number of carbonyl (C=O) groups excluding carboxylic acids is 1. The third-order valence-electron chi connectivity index (χ3n) is 4.22. The smallest absolute Gasteiger partial charge is 0.244 e. The first-order valence-electron chi connectivity index (χ1n) is 8.38. The van der Waals surface area contributed by atoms with Gasteiger partial charge in [-0.2, -0.15) is 0 Å². The molecule has 0 aliphatic heterocycles. The van der Waals surface area contributed by atoms with Crippen molar-refractivity contribution < 1.29 is 4.79 Å². The standard InChI is InChI=1S/C21H15Cl2N3O/c22-15-8-2-1-7-14(15)21-25-18-11-5-6-12-19(18)26(21)13-20(27)24-17-10-4-3-9-16(17)23/h1-12H,13H2,(H,24,27). The molecule has 27 heavy (non-hydrogen) atoms. The number of amides is 1. The Balaban J connectivity index is 1.74. The van der Waals surface area contributed by atoms with Gasteiger partial charge < -0.3 is 9.88 Å². The molecule has 6 heteroatoms. The maximum Gasteiger partial charge on any atom is 0.244 e. The van der Waals surface area contributed by atoms with E-state index in [2.05, 4.69) is 5.32 Å². The van der Waals surface area contributed by atoms with E-state index in [1.54, 1.807) is 12.1 Å². The van der Waals surface area contributed by atoms with Gasteiger partial charge >= 0.3 is 0 Å². The zero-order valence-electron chi connectivity index (χ0n) is 14.2. The van der Waals surface area contributed by atoms with Crippen LogP contribution in [0.5, 0.6) is 0 Å². The number of anilines is 1. The summed E-state index contributed by atoms with van der Waals surface area (Å²) >= 11 is 12.5. The normalized spacial score (nSPS) is 10.9. The monoisotopic (exact) mass is 395 g/mol. The SMILES string of the molecule is O=C(Cn1c(-c2ccccc2Cl)nc2ccccc21)Nc1ccccc1Cl. The number of hydrogen-bond acceptors (Lipinski definition) is 2. The number of para-hydroxylation sites is 3. The van der Waals surface area contributed by atoms with Gasteiger partial charge in [0.2, 0.25) is 5.91 Å². The lowest BCUT2D eigenvalue weighted by Gasteiger charge is -2.11. The van der Waals surface area contributed by atoms with Crippen LogP contribution in [0.25, 0.3) is 22.4 Å². The highest BCUT2D eigenvalue weighted by atomic mass is 35.5. The average molecular weight is 396 g/mol. The van der Waals surface area contributed by atoms with Crippen LogP contribution in [0.4, 0.5) is 5.69 Å². The van der Waals surface area contributed by atoms with Crippen molar-refractivity contribution in [2.24, 2.45) is 0 Å². The minimum absolute atomic E-state index is 0.0896. The summed E-state index contributed by atoms with van der Waals surface area (Å²) in [5.41, 5.74) is 3.02. The molecule has 0 atom stereocenters. The molecule has 134 valence electrons. The largest absolute Gasteiger partial charge is 0.323 e. The van der Waals surface area contributed by atoms with Gasteiger partial charge in [0.05, 0.1) is 26.8 Å². The molecule has 4 rings (SSSR count).